The van der Waals surface area contributed by atoms with Crippen LogP contribution in [0.4, 0.5) is 0 Å². The van der Waals surface area contributed by atoms with Gasteiger partial charge in [-0.2, -0.15) is 0 Å². The third-order valence-corrected chi connectivity index (χ3v) is 1.66. The van der Waals surface area contributed by atoms with Crippen LogP contribution in [0.15, 0.2) is 0 Å². The number of hydrogen-bond donors (Lipinski definition) is 2. The zero-order valence-electron chi connectivity index (χ0n) is 7.31. The van der Waals surface area contributed by atoms with Crippen LogP contribution < -0.4 is 10.6 Å². The zero-order valence-corrected chi connectivity index (χ0v) is 7.31. The van der Waals surface area contributed by atoms with E-state index in [0.717, 1.165) is 25.8 Å². The Bertz CT molecular complexity index is 96.1. The van der Waals surface area contributed by atoms with Crippen LogP contribution in [0.2, 0.25) is 0 Å². The number of likely N-dealkylation sites (N-methyl/N-ethyl adjacent to an activating group) is 1. The molecule has 65 valence electrons. The van der Waals surface area contributed by atoms with Crippen molar-refractivity contribution in [2.75, 3.05) is 20.6 Å². The lowest BCUT2D eigenvalue weighted by atomic mass is 10.1. The summed E-state index contributed by atoms with van der Waals surface area (Å²) < 4.78 is 0. The monoisotopic (exact) mass is 157 g/mol. The number of hydrogen-bond acceptors (Lipinski definition) is 3. The molecule has 0 aromatic carbocycles. The smallest absolute Gasteiger partial charge is 0.216 e. The van der Waals surface area contributed by atoms with Crippen molar-refractivity contribution in [1.82, 2.24) is 10.6 Å². The molecule has 0 heterocycles. The van der Waals surface area contributed by atoms with E-state index in [1.165, 1.54) is 0 Å². The standard InChI is InChI=1S/C8H17N2O/c1-9-6-4-3-5-8(7-11)10-2/h8-10H,3-6H2,1-2H3/t8-/m1/s1. The summed E-state index contributed by atoms with van der Waals surface area (Å²) in [5, 5.41) is 5.94. The van der Waals surface area contributed by atoms with Crippen LogP contribution in [0.5, 0.6) is 0 Å². The highest BCUT2D eigenvalue weighted by atomic mass is 16.1. The van der Waals surface area contributed by atoms with Crippen LogP contribution in [-0.2, 0) is 4.79 Å². The molecule has 0 amide bonds. The molecule has 11 heavy (non-hydrogen) atoms. The Morgan fingerprint density at radius 1 is 1.36 bits per heavy atom. The predicted molar refractivity (Wildman–Crippen MR) is 46.3 cm³/mol. The third kappa shape index (κ3) is 6.01. The van der Waals surface area contributed by atoms with E-state index >= 15 is 0 Å². The number of nitrogens with one attached hydrogen (secondary N) is 2. The molecule has 0 saturated carbocycles. The maximum absolute atomic E-state index is 10.2. The molecule has 0 rings (SSSR count). The SMILES string of the molecule is CNCCCC[C@H]([C]=O)NC. The molecule has 2 N–H and O–H groups in total. The lowest BCUT2D eigenvalue weighted by Gasteiger charge is -2.06. The van der Waals surface area contributed by atoms with Crippen LogP contribution in [0.3, 0.4) is 0 Å². The van der Waals surface area contributed by atoms with Gasteiger partial charge in [0.15, 0.2) is 0 Å². The molecule has 0 aliphatic heterocycles. The molecule has 0 spiro atoms. The molecule has 0 aromatic rings. The maximum atomic E-state index is 10.2. The molecule has 1 atom stereocenters. The van der Waals surface area contributed by atoms with Crippen molar-refractivity contribution < 1.29 is 4.79 Å². The minimum Gasteiger partial charge on any atom is -0.320 e. The van der Waals surface area contributed by atoms with Crippen molar-refractivity contribution in [3.05, 3.63) is 0 Å². The highest BCUT2D eigenvalue weighted by molar-refractivity contribution is 5.58. The van der Waals surface area contributed by atoms with Gasteiger partial charge in [-0.15, -0.1) is 0 Å². The fourth-order valence-corrected chi connectivity index (χ4v) is 0.912. The second-order valence-corrected chi connectivity index (χ2v) is 2.56. The van der Waals surface area contributed by atoms with Crippen molar-refractivity contribution in [1.29, 1.82) is 0 Å². The van der Waals surface area contributed by atoms with Crippen LogP contribution in [0.1, 0.15) is 19.3 Å². The summed E-state index contributed by atoms with van der Waals surface area (Å²) in [6, 6.07) is -0.0770. The van der Waals surface area contributed by atoms with Gasteiger partial charge in [-0.05, 0) is 33.5 Å². The van der Waals surface area contributed by atoms with Gasteiger partial charge in [0.2, 0.25) is 6.29 Å². The first-order valence-corrected chi connectivity index (χ1v) is 4.04. The first-order chi connectivity index (χ1) is 5.35. The molecular weight excluding hydrogens is 140 g/mol. The van der Waals surface area contributed by atoms with E-state index in [1.807, 2.05) is 13.3 Å². The van der Waals surface area contributed by atoms with Gasteiger partial charge < -0.3 is 10.6 Å². The van der Waals surface area contributed by atoms with Crippen LogP contribution in [0, 0.1) is 0 Å². The Balaban J connectivity index is 3.14. The predicted octanol–water partition coefficient (Wildman–Crippen LogP) is 0.0738. The van der Waals surface area contributed by atoms with Crippen molar-refractivity contribution in [3.63, 3.8) is 0 Å². The van der Waals surface area contributed by atoms with E-state index in [4.69, 9.17) is 0 Å². The molecule has 0 aromatic heterocycles. The lowest BCUT2D eigenvalue weighted by Crippen LogP contribution is -2.26. The summed E-state index contributed by atoms with van der Waals surface area (Å²) in [5.74, 6) is 0. The molecule has 3 nitrogen and oxygen atoms in total. The highest BCUT2D eigenvalue weighted by Crippen LogP contribution is 1.97. The van der Waals surface area contributed by atoms with E-state index < -0.39 is 0 Å². The molecule has 0 aliphatic rings. The lowest BCUT2D eigenvalue weighted by molar-refractivity contribution is 0.505. The second-order valence-electron chi connectivity index (χ2n) is 2.56. The van der Waals surface area contributed by atoms with Crippen LogP contribution in [0.25, 0.3) is 0 Å². The fraction of sp³-hybridized carbons (Fsp3) is 0.875. The van der Waals surface area contributed by atoms with Crippen molar-refractivity contribution in [2.24, 2.45) is 0 Å². The van der Waals surface area contributed by atoms with Gasteiger partial charge in [-0.3, -0.25) is 4.79 Å². The van der Waals surface area contributed by atoms with Gasteiger partial charge in [0.1, 0.15) is 0 Å². The van der Waals surface area contributed by atoms with Gasteiger partial charge in [-0.1, -0.05) is 6.42 Å². The van der Waals surface area contributed by atoms with E-state index in [1.54, 1.807) is 7.05 Å². The molecule has 0 bridgehead atoms. The van der Waals surface area contributed by atoms with Gasteiger partial charge in [0, 0.05) is 0 Å². The molecule has 0 aliphatic carbocycles. The third-order valence-electron chi connectivity index (χ3n) is 1.66. The Kier molecular flexibility index (Phi) is 7.41. The van der Waals surface area contributed by atoms with E-state index in [0.29, 0.717) is 0 Å². The normalized spacial score (nSPS) is 12.9. The highest BCUT2D eigenvalue weighted by Gasteiger charge is 2.02. The maximum Gasteiger partial charge on any atom is 0.216 e. The number of rotatable bonds is 7. The first kappa shape index (κ1) is 10.6. The van der Waals surface area contributed by atoms with Crippen LogP contribution in [-0.4, -0.2) is 33.0 Å². The number of unbranched alkanes of at least 4 members (excludes halogenated alkanes) is 1. The average Bonchev–Trinajstić information content (AvgIpc) is 2.05. The summed E-state index contributed by atoms with van der Waals surface area (Å²) in [6.07, 6.45) is 5.03. The quantitative estimate of drug-likeness (QED) is 0.514. The largest absolute Gasteiger partial charge is 0.320 e. The Hall–Kier alpha value is -0.410. The summed E-state index contributed by atoms with van der Waals surface area (Å²) in [4.78, 5) is 10.2. The minimum atomic E-state index is -0.0770. The summed E-state index contributed by atoms with van der Waals surface area (Å²) in [7, 11) is 3.72. The zero-order chi connectivity index (χ0) is 8.53. The van der Waals surface area contributed by atoms with Gasteiger partial charge in [-0.25, -0.2) is 0 Å². The van der Waals surface area contributed by atoms with E-state index in [2.05, 4.69) is 10.6 Å². The molecular formula is C8H17N2O. The van der Waals surface area contributed by atoms with E-state index in [9.17, 15) is 4.79 Å². The van der Waals surface area contributed by atoms with Crippen molar-refractivity contribution in [2.45, 2.75) is 25.3 Å². The van der Waals surface area contributed by atoms with E-state index in [-0.39, 0.29) is 6.04 Å². The topological polar surface area (TPSA) is 41.1 Å². The number of carbonyl (C=O) groups excluding carboxylic acids is 1. The Labute approximate surface area is 68.6 Å². The molecule has 1 radical (unpaired) electrons. The molecule has 0 saturated heterocycles. The minimum absolute atomic E-state index is 0.0770. The van der Waals surface area contributed by atoms with Crippen LogP contribution >= 0.6 is 0 Å². The molecule has 3 heteroatoms. The summed E-state index contributed by atoms with van der Waals surface area (Å²) in [5.41, 5.74) is 0. The fourth-order valence-electron chi connectivity index (χ4n) is 0.912. The molecule has 0 fully saturated rings. The molecule has 0 unspecified atom stereocenters. The van der Waals surface area contributed by atoms with Gasteiger partial charge in [0.05, 0.1) is 6.04 Å². The average molecular weight is 157 g/mol. The van der Waals surface area contributed by atoms with Crippen molar-refractivity contribution >= 4 is 6.29 Å². The summed E-state index contributed by atoms with van der Waals surface area (Å²) >= 11 is 0. The Morgan fingerprint density at radius 3 is 2.55 bits per heavy atom. The summed E-state index contributed by atoms with van der Waals surface area (Å²) in [6.45, 7) is 1.02. The van der Waals surface area contributed by atoms with Gasteiger partial charge >= 0.3 is 0 Å². The second kappa shape index (κ2) is 7.69. The Morgan fingerprint density at radius 2 is 2.09 bits per heavy atom. The van der Waals surface area contributed by atoms with Crippen molar-refractivity contribution in [3.8, 4) is 0 Å². The van der Waals surface area contributed by atoms with Gasteiger partial charge in [0.25, 0.3) is 0 Å². The first-order valence-electron chi connectivity index (χ1n) is 4.04.